The van der Waals surface area contributed by atoms with Gasteiger partial charge in [0.1, 0.15) is 6.61 Å². The first kappa shape index (κ1) is 12.0. The summed E-state index contributed by atoms with van der Waals surface area (Å²) in [4.78, 5) is 0. The Labute approximate surface area is 81.8 Å². The molecule has 0 radical (unpaired) electrons. The van der Waals surface area contributed by atoms with Crippen LogP contribution in [0.1, 0.15) is 27.2 Å². The molecule has 1 nitrogen and oxygen atoms in total. The molecular formula is C12H20O. The minimum absolute atomic E-state index is 0.187. The van der Waals surface area contributed by atoms with Gasteiger partial charge in [0.15, 0.2) is 0 Å². The number of allylic oxidation sites excluding steroid dienone is 2. The van der Waals surface area contributed by atoms with Gasteiger partial charge in [-0.3, -0.25) is 0 Å². The van der Waals surface area contributed by atoms with E-state index in [0.717, 1.165) is 6.42 Å². The number of hydrogen-bond donors (Lipinski definition) is 0. The van der Waals surface area contributed by atoms with Gasteiger partial charge >= 0.3 is 0 Å². The Kier molecular flexibility index (Phi) is 5.20. The van der Waals surface area contributed by atoms with Gasteiger partial charge in [-0.05, 0) is 24.8 Å². The molecule has 13 heavy (non-hydrogen) atoms. The molecule has 0 aliphatic rings. The molecule has 0 aromatic rings. The Bertz CT molecular complexity index is 199. The van der Waals surface area contributed by atoms with E-state index in [1.54, 1.807) is 0 Å². The van der Waals surface area contributed by atoms with E-state index in [2.05, 4.69) is 40.0 Å². The second-order valence-electron chi connectivity index (χ2n) is 3.76. The molecular weight excluding hydrogens is 160 g/mol. The van der Waals surface area contributed by atoms with Crippen molar-refractivity contribution in [3.05, 3.63) is 37.1 Å². The summed E-state index contributed by atoms with van der Waals surface area (Å²) in [5.41, 5.74) is 1.51. The van der Waals surface area contributed by atoms with Crippen LogP contribution in [-0.4, -0.2) is 6.61 Å². The minimum atomic E-state index is 0.187. The number of ether oxygens (including phenoxy) is 1. The van der Waals surface area contributed by atoms with Crippen molar-refractivity contribution < 1.29 is 4.74 Å². The van der Waals surface area contributed by atoms with Crippen LogP contribution in [0.25, 0.3) is 0 Å². The highest BCUT2D eigenvalue weighted by Gasteiger charge is 2.17. The van der Waals surface area contributed by atoms with E-state index in [-0.39, 0.29) is 5.41 Å². The summed E-state index contributed by atoms with van der Waals surface area (Å²) in [7, 11) is 0. The van der Waals surface area contributed by atoms with Crippen molar-refractivity contribution in [2.24, 2.45) is 5.41 Å². The maximum absolute atomic E-state index is 5.04. The van der Waals surface area contributed by atoms with Crippen LogP contribution in [-0.2, 0) is 4.74 Å². The molecule has 0 aliphatic heterocycles. The average Bonchev–Trinajstić information content (AvgIpc) is 2.04. The Hall–Kier alpha value is -0.980. The fraction of sp³-hybridized carbons (Fsp3) is 0.500. The van der Waals surface area contributed by atoms with Gasteiger partial charge in [0.25, 0.3) is 0 Å². The molecule has 1 heteroatoms. The monoisotopic (exact) mass is 180 g/mol. The van der Waals surface area contributed by atoms with Crippen molar-refractivity contribution in [2.45, 2.75) is 27.2 Å². The lowest BCUT2D eigenvalue weighted by atomic mass is 9.82. The van der Waals surface area contributed by atoms with Crippen LogP contribution in [0.3, 0.4) is 0 Å². The molecule has 0 saturated carbocycles. The molecule has 0 bridgehead atoms. The van der Waals surface area contributed by atoms with Crippen LogP contribution < -0.4 is 0 Å². The molecule has 0 saturated heterocycles. The summed E-state index contributed by atoms with van der Waals surface area (Å²) >= 11 is 0. The summed E-state index contributed by atoms with van der Waals surface area (Å²) in [5.74, 6) is 0. The summed E-state index contributed by atoms with van der Waals surface area (Å²) in [5, 5.41) is 0. The van der Waals surface area contributed by atoms with Gasteiger partial charge in [0, 0.05) is 0 Å². The lowest BCUT2D eigenvalue weighted by Gasteiger charge is -2.24. The van der Waals surface area contributed by atoms with Gasteiger partial charge in [0.2, 0.25) is 0 Å². The van der Waals surface area contributed by atoms with Gasteiger partial charge < -0.3 is 4.74 Å². The lowest BCUT2D eigenvalue weighted by Crippen LogP contribution is -2.12. The van der Waals surface area contributed by atoms with Crippen molar-refractivity contribution in [2.75, 3.05) is 6.61 Å². The zero-order valence-electron chi connectivity index (χ0n) is 8.97. The van der Waals surface area contributed by atoms with E-state index in [1.165, 1.54) is 11.8 Å². The summed E-state index contributed by atoms with van der Waals surface area (Å²) in [6.07, 6.45) is 6.49. The van der Waals surface area contributed by atoms with Gasteiger partial charge in [-0.15, -0.1) is 6.58 Å². The smallest absolute Gasteiger partial charge is 0.106 e. The van der Waals surface area contributed by atoms with Crippen molar-refractivity contribution in [1.29, 1.82) is 0 Å². The molecule has 0 aromatic heterocycles. The first-order chi connectivity index (χ1) is 6.04. The molecule has 0 atom stereocenters. The summed E-state index contributed by atoms with van der Waals surface area (Å²) in [6.45, 7) is 14.4. The maximum atomic E-state index is 5.04. The largest absolute Gasteiger partial charge is 0.498 e. The Balaban J connectivity index is 4.19. The predicted molar refractivity (Wildman–Crippen MR) is 58.5 cm³/mol. The molecule has 0 rings (SSSR count). The molecule has 0 amide bonds. The zero-order chi connectivity index (χ0) is 10.3. The number of hydrogen-bond acceptors (Lipinski definition) is 1. The van der Waals surface area contributed by atoms with Crippen LogP contribution in [0.4, 0.5) is 0 Å². The van der Waals surface area contributed by atoms with Crippen LogP contribution in [0, 0.1) is 5.41 Å². The van der Waals surface area contributed by atoms with Crippen molar-refractivity contribution in [1.82, 2.24) is 0 Å². The van der Waals surface area contributed by atoms with Crippen molar-refractivity contribution >= 4 is 0 Å². The van der Waals surface area contributed by atoms with Crippen molar-refractivity contribution in [3.63, 3.8) is 0 Å². The zero-order valence-corrected chi connectivity index (χ0v) is 8.97. The van der Waals surface area contributed by atoms with E-state index < -0.39 is 0 Å². The Morgan fingerprint density at radius 2 is 2.00 bits per heavy atom. The molecule has 0 heterocycles. The molecule has 0 fully saturated rings. The first-order valence-corrected chi connectivity index (χ1v) is 4.55. The van der Waals surface area contributed by atoms with E-state index in [9.17, 15) is 0 Å². The predicted octanol–water partition coefficient (Wildman–Crippen LogP) is 3.70. The highest BCUT2D eigenvalue weighted by Crippen LogP contribution is 2.29. The van der Waals surface area contributed by atoms with Gasteiger partial charge in [0.05, 0.1) is 6.26 Å². The topological polar surface area (TPSA) is 9.23 Å². The van der Waals surface area contributed by atoms with Crippen LogP contribution in [0.2, 0.25) is 0 Å². The van der Waals surface area contributed by atoms with Gasteiger partial charge in [-0.1, -0.05) is 32.1 Å². The lowest BCUT2D eigenvalue weighted by molar-refractivity contribution is 0.287. The van der Waals surface area contributed by atoms with Crippen molar-refractivity contribution in [3.8, 4) is 0 Å². The van der Waals surface area contributed by atoms with E-state index in [1.807, 2.05) is 6.08 Å². The fourth-order valence-electron chi connectivity index (χ4n) is 1.04. The van der Waals surface area contributed by atoms with E-state index >= 15 is 0 Å². The third-order valence-electron chi connectivity index (χ3n) is 2.33. The van der Waals surface area contributed by atoms with Gasteiger partial charge in [-0.2, -0.15) is 0 Å². The first-order valence-electron chi connectivity index (χ1n) is 4.55. The van der Waals surface area contributed by atoms with Crippen LogP contribution >= 0.6 is 0 Å². The highest BCUT2D eigenvalue weighted by molar-refractivity contribution is 5.10. The summed E-state index contributed by atoms with van der Waals surface area (Å²) in [6, 6.07) is 0. The third kappa shape index (κ3) is 4.56. The average molecular weight is 180 g/mol. The SMILES string of the molecule is C=CCC(C)(C)/C(C)=C/COC=C. The highest BCUT2D eigenvalue weighted by atomic mass is 16.5. The molecule has 0 aliphatic carbocycles. The van der Waals surface area contributed by atoms with E-state index in [4.69, 9.17) is 4.74 Å². The summed E-state index contributed by atoms with van der Waals surface area (Å²) < 4.78 is 5.04. The van der Waals surface area contributed by atoms with E-state index in [0.29, 0.717) is 6.61 Å². The minimum Gasteiger partial charge on any atom is -0.498 e. The molecule has 0 N–H and O–H groups in total. The molecule has 74 valence electrons. The Morgan fingerprint density at radius 1 is 1.38 bits per heavy atom. The van der Waals surface area contributed by atoms with Crippen LogP contribution in [0.5, 0.6) is 0 Å². The number of rotatable bonds is 6. The van der Waals surface area contributed by atoms with Gasteiger partial charge in [-0.25, -0.2) is 0 Å². The second-order valence-corrected chi connectivity index (χ2v) is 3.76. The molecule has 0 spiro atoms. The molecule has 0 aromatic carbocycles. The third-order valence-corrected chi connectivity index (χ3v) is 2.33. The Morgan fingerprint density at radius 3 is 2.46 bits per heavy atom. The fourth-order valence-corrected chi connectivity index (χ4v) is 1.04. The quantitative estimate of drug-likeness (QED) is 0.344. The second kappa shape index (κ2) is 5.63. The maximum Gasteiger partial charge on any atom is 0.106 e. The normalized spacial score (nSPS) is 12.4. The standard InChI is InChI=1S/C12H20O/c1-6-9-12(4,5)11(3)8-10-13-7-2/h6-8H,1-2,9-10H2,3-5H3/b11-8+. The molecule has 0 unspecified atom stereocenters. The van der Waals surface area contributed by atoms with Crippen LogP contribution in [0.15, 0.2) is 37.1 Å².